The van der Waals surface area contributed by atoms with Crippen molar-refractivity contribution < 1.29 is 107 Å². The van der Waals surface area contributed by atoms with Crippen LogP contribution in [0.5, 0.6) is 5.75 Å². The standard InChI is InChI=1S/C19H20N4O11S3.2Na/c1-12-18(19(24)23(22-12)14-4-6-15(7-5-14)36(27,28)29)21-20-13-3-8-16(33-2)17(11-13)35(25,26)10-9-34-37(30,31)32;;/h3-8,11,18H,9-10H2,1-2H3,(H,27,28,29)(H,30,31,32);;/q;2*+1/p-2. The molecule has 1 unspecified atom stereocenters. The van der Waals surface area contributed by atoms with E-state index in [2.05, 4.69) is 19.5 Å². The van der Waals surface area contributed by atoms with E-state index in [-0.39, 0.29) is 86.8 Å². The molecule has 3 rings (SSSR count). The number of nitrogens with zero attached hydrogens (tertiary/aromatic N) is 4. The molecule has 39 heavy (non-hydrogen) atoms. The van der Waals surface area contributed by atoms with Crippen molar-refractivity contribution in [2.24, 2.45) is 15.3 Å². The van der Waals surface area contributed by atoms with Crippen molar-refractivity contribution in [1.82, 2.24) is 0 Å². The molecule has 2 aromatic carbocycles. The zero-order valence-corrected chi connectivity index (χ0v) is 27.5. The molecule has 20 heteroatoms. The van der Waals surface area contributed by atoms with E-state index in [1.807, 2.05) is 0 Å². The van der Waals surface area contributed by atoms with Crippen LogP contribution < -0.4 is 68.9 Å². The van der Waals surface area contributed by atoms with Crippen molar-refractivity contribution in [2.75, 3.05) is 24.5 Å². The van der Waals surface area contributed by atoms with Crippen LogP contribution in [0.15, 0.2) is 67.6 Å². The fourth-order valence-electron chi connectivity index (χ4n) is 3.08. The molecule has 0 aromatic heterocycles. The van der Waals surface area contributed by atoms with Gasteiger partial charge in [-0.05, 0) is 49.4 Å². The van der Waals surface area contributed by atoms with Gasteiger partial charge in [0.05, 0.1) is 41.5 Å². The Hall–Kier alpha value is -1.29. The third-order valence-electron chi connectivity index (χ3n) is 4.82. The predicted octanol–water partition coefficient (Wildman–Crippen LogP) is -5.27. The fourth-order valence-corrected chi connectivity index (χ4v) is 5.22. The van der Waals surface area contributed by atoms with Crippen molar-refractivity contribution >= 4 is 53.3 Å². The van der Waals surface area contributed by atoms with Gasteiger partial charge in [-0.2, -0.15) is 20.3 Å². The Labute approximate surface area is 268 Å². The van der Waals surface area contributed by atoms with E-state index in [9.17, 15) is 39.2 Å². The third kappa shape index (κ3) is 9.37. The number of hydrogen-bond acceptors (Lipinski definition) is 14. The van der Waals surface area contributed by atoms with E-state index >= 15 is 0 Å². The minimum absolute atomic E-state index is 0. The average molecular weight is 621 g/mol. The molecule has 0 N–H and O–H groups in total. The number of ether oxygens (including phenoxy) is 1. The number of azo groups is 1. The minimum atomic E-state index is -5.08. The van der Waals surface area contributed by atoms with Crippen molar-refractivity contribution in [3.63, 3.8) is 0 Å². The number of amides is 1. The van der Waals surface area contributed by atoms with Gasteiger partial charge in [0, 0.05) is 0 Å². The van der Waals surface area contributed by atoms with Crippen LogP contribution in [0.1, 0.15) is 6.92 Å². The molecular weight excluding hydrogens is 602 g/mol. The number of hydrogen-bond donors (Lipinski definition) is 0. The summed E-state index contributed by atoms with van der Waals surface area (Å²) in [5.41, 5.74) is 0.405. The number of hydrazone groups is 1. The second-order valence-electron chi connectivity index (χ2n) is 7.34. The summed E-state index contributed by atoms with van der Waals surface area (Å²) < 4.78 is 99.2. The summed E-state index contributed by atoms with van der Waals surface area (Å²) in [7, 11) is -12.7. The van der Waals surface area contributed by atoms with Gasteiger partial charge >= 0.3 is 59.1 Å². The molecule has 1 heterocycles. The maximum absolute atomic E-state index is 12.8. The SMILES string of the molecule is COc1ccc(N=NC2C(=O)N(c3ccc(S(=O)(=O)[O-])cc3)N=C2C)cc1S(=O)(=O)CCOS(=O)(=O)[O-].[Na+].[Na+]. The molecule has 0 spiro atoms. The molecule has 0 bridgehead atoms. The number of benzene rings is 2. The van der Waals surface area contributed by atoms with Crippen molar-refractivity contribution in [3.05, 3.63) is 42.5 Å². The average Bonchev–Trinajstić information content (AvgIpc) is 3.09. The molecule has 15 nitrogen and oxygen atoms in total. The molecule has 0 aliphatic carbocycles. The Morgan fingerprint density at radius 2 is 1.62 bits per heavy atom. The molecule has 2 aromatic rings. The molecule has 1 amide bonds. The number of carbonyl (C=O) groups is 1. The van der Waals surface area contributed by atoms with Crippen LogP contribution in [-0.2, 0) is 39.3 Å². The summed E-state index contributed by atoms with van der Waals surface area (Å²) in [4.78, 5) is 12.0. The van der Waals surface area contributed by atoms with Gasteiger partial charge in [-0.25, -0.2) is 25.3 Å². The second kappa shape index (κ2) is 14.1. The Morgan fingerprint density at radius 1 is 1.00 bits per heavy atom. The van der Waals surface area contributed by atoms with Crippen LogP contribution in [0.3, 0.4) is 0 Å². The van der Waals surface area contributed by atoms with Gasteiger partial charge in [-0.1, -0.05) is 0 Å². The molecule has 0 fully saturated rings. The largest absolute Gasteiger partial charge is 1.00 e. The maximum atomic E-state index is 12.8. The summed E-state index contributed by atoms with van der Waals surface area (Å²) in [6, 6.07) is 7.02. The molecule has 1 aliphatic heterocycles. The molecule has 0 radical (unpaired) electrons. The first kappa shape index (κ1) is 35.7. The molecule has 200 valence electrons. The maximum Gasteiger partial charge on any atom is 1.00 e. The van der Waals surface area contributed by atoms with Gasteiger partial charge in [0.1, 0.15) is 20.8 Å². The van der Waals surface area contributed by atoms with Gasteiger partial charge in [0.25, 0.3) is 5.91 Å². The summed E-state index contributed by atoms with van der Waals surface area (Å²) in [6.07, 6.45) is 0. The molecule has 0 saturated heterocycles. The van der Waals surface area contributed by atoms with E-state index in [4.69, 9.17) is 4.74 Å². The van der Waals surface area contributed by atoms with Crippen molar-refractivity contribution in [3.8, 4) is 5.75 Å². The molecule has 0 saturated carbocycles. The molecular formula is C19H18N4Na2O11S3. The van der Waals surface area contributed by atoms with Gasteiger partial charge < -0.3 is 13.8 Å². The zero-order chi connectivity index (χ0) is 27.6. The second-order valence-corrected chi connectivity index (χ2v) is 11.9. The summed E-state index contributed by atoms with van der Waals surface area (Å²) in [5.74, 6) is -1.58. The summed E-state index contributed by atoms with van der Waals surface area (Å²) in [5, 5.41) is 12.9. The molecule has 1 aliphatic rings. The fraction of sp³-hybridized carbons (Fsp3) is 0.263. The third-order valence-corrected chi connectivity index (χ3v) is 7.81. The van der Waals surface area contributed by atoms with E-state index in [0.717, 1.165) is 23.2 Å². The van der Waals surface area contributed by atoms with Crippen LogP contribution in [0, 0.1) is 0 Å². The number of anilines is 1. The normalized spacial score (nSPS) is 16.0. The van der Waals surface area contributed by atoms with Crippen molar-refractivity contribution in [1.29, 1.82) is 0 Å². The van der Waals surface area contributed by atoms with E-state index in [1.54, 1.807) is 0 Å². The Bertz CT molecular complexity index is 1600. The van der Waals surface area contributed by atoms with Gasteiger partial charge in [-0.15, -0.1) is 0 Å². The van der Waals surface area contributed by atoms with Gasteiger partial charge in [0.2, 0.25) is 10.4 Å². The van der Waals surface area contributed by atoms with Crippen LogP contribution in [0.25, 0.3) is 0 Å². The monoisotopic (exact) mass is 620 g/mol. The quantitative estimate of drug-likeness (QED) is 0.106. The number of sulfone groups is 1. The first-order valence-corrected chi connectivity index (χ1v) is 14.4. The summed E-state index contributed by atoms with van der Waals surface area (Å²) in [6.45, 7) is 0.582. The van der Waals surface area contributed by atoms with Crippen molar-refractivity contribution in [2.45, 2.75) is 22.8 Å². The van der Waals surface area contributed by atoms with Crippen LogP contribution >= 0.6 is 0 Å². The predicted molar refractivity (Wildman–Crippen MR) is 124 cm³/mol. The first-order valence-electron chi connectivity index (χ1n) is 9.99. The number of carbonyl (C=O) groups excluding carboxylic acids is 1. The zero-order valence-electron chi connectivity index (χ0n) is 21.0. The molecule has 1 atom stereocenters. The summed E-state index contributed by atoms with van der Waals surface area (Å²) >= 11 is 0. The minimum Gasteiger partial charge on any atom is -0.744 e. The first-order chi connectivity index (χ1) is 17.1. The Kier molecular flexibility index (Phi) is 12.9. The van der Waals surface area contributed by atoms with Crippen LogP contribution in [-0.4, -0.2) is 71.5 Å². The van der Waals surface area contributed by atoms with E-state index < -0.39 is 59.6 Å². The number of rotatable bonds is 10. The van der Waals surface area contributed by atoms with Crippen LogP contribution in [0.2, 0.25) is 0 Å². The van der Waals surface area contributed by atoms with Gasteiger partial charge in [0.15, 0.2) is 15.9 Å². The number of methoxy groups -OCH3 is 1. The van der Waals surface area contributed by atoms with Gasteiger partial charge in [-0.3, -0.25) is 8.98 Å². The smallest absolute Gasteiger partial charge is 0.744 e. The Balaban J connectivity index is 0.00000380. The Morgan fingerprint density at radius 3 is 2.15 bits per heavy atom. The van der Waals surface area contributed by atoms with Crippen LogP contribution in [0.4, 0.5) is 11.4 Å². The topological polar surface area (TPSA) is 224 Å². The van der Waals surface area contributed by atoms with E-state index in [1.165, 1.54) is 38.3 Å². The van der Waals surface area contributed by atoms with E-state index in [0.29, 0.717) is 0 Å².